The Morgan fingerprint density at radius 3 is 2.38 bits per heavy atom. The zero-order valence-corrected chi connectivity index (χ0v) is 13.2. The number of rotatable bonds is 3. The zero-order valence-electron chi connectivity index (χ0n) is 11.6. The van der Waals surface area contributed by atoms with Gasteiger partial charge in [-0.05, 0) is 73.2 Å². The molecule has 0 heterocycles. The van der Waals surface area contributed by atoms with Gasteiger partial charge in [0.05, 0.1) is 4.90 Å². The van der Waals surface area contributed by atoms with Gasteiger partial charge in [0, 0.05) is 10.7 Å². The standard InChI is InChI=1S/C16H15ClO3S/c1-11-9-14(7-8-16(11)21(17,18)19)20-15-6-5-12-3-2-4-13(12)10-15/h5-10H,2-4H2,1H3. The number of benzene rings is 2. The summed E-state index contributed by atoms with van der Waals surface area (Å²) in [6.07, 6.45) is 3.42. The first-order valence-electron chi connectivity index (χ1n) is 6.78. The van der Waals surface area contributed by atoms with Crippen molar-refractivity contribution < 1.29 is 13.2 Å². The van der Waals surface area contributed by atoms with E-state index in [0.717, 1.165) is 18.6 Å². The van der Waals surface area contributed by atoms with Crippen LogP contribution >= 0.6 is 10.7 Å². The molecule has 21 heavy (non-hydrogen) atoms. The summed E-state index contributed by atoms with van der Waals surface area (Å²) in [4.78, 5) is 0.116. The number of hydrogen-bond donors (Lipinski definition) is 0. The molecule has 0 aliphatic heterocycles. The average Bonchev–Trinajstić information content (AvgIpc) is 2.84. The van der Waals surface area contributed by atoms with Gasteiger partial charge in [0.1, 0.15) is 11.5 Å². The smallest absolute Gasteiger partial charge is 0.261 e. The molecular weight excluding hydrogens is 308 g/mol. The number of hydrogen-bond acceptors (Lipinski definition) is 3. The lowest BCUT2D eigenvalue weighted by Crippen LogP contribution is -1.95. The molecule has 2 aromatic rings. The van der Waals surface area contributed by atoms with Crippen LogP contribution in [0.2, 0.25) is 0 Å². The van der Waals surface area contributed by atoms with Gasteiger partial charge in [0.2, 0.25) is 0 Å². The van der Waals surface area contributed by atoms with Crippen molar-refractivity contribution in [3.63, 3.8) is 0 Å². The third-order valence-corrected chi connectivity index (χ3v) is 5.20. The first-order chi connectivity index (χ1) is 9.93. The summed E-state index contributed by atoms with van der Waals surface area (Å²) in [6, 6.07) is 10.9. The van der Waals surface area contributed by atoms with E-state index >= 15 is 0 Å². The summed E-state index contributed by atoms with van der Waals surface area (Å²) in [5.74, 6) is 1.38. The summed E-state index contributed by atoms with van der Waals surface area (Å²) < 4.78 is 28.6. The van der Waals surface area contributed by atoms with E-state index < -0.39 is 9.05 Å². The van der Waals surface area contributed by atoms with Crippen LogP contribution < -0.4 is 4.74 Å². The van der Waals surface area contributed by atoms with Gasteiger partial charge in [-0.1, -0.05) is 6.07 Å². The molecule has 110 valence electrons. The molecule has 3 nitrogen and oxygen atoms in total. The second kappa shape index (κ2) is 5.35. The van der Waals surface area contributed by atoms with Gasteiger partial charge in [0.25, 0.3) is 9.05 Å². The van der Waals surface area contributed by atoms with Crippen LogP contribution in [-0.2, 0) is 21.9 Å². The minimum atomic E-state index is -3.71. The predicted octanol–water partition coefficient (Wildman–Crippen LogP) is 4.20. The van der Waals surface area contributed by atoms with Crippen molar-refractivity contribution >= 4 is 19.7 Å². The zero-order chi connectivity index (χ0) is 15.0. The van der Waals surface area contributed by atoms with E-state index in [1.807, 2.05) is 6.07 Å². The second-order valence-electron chi connectivity index (χ2n) is 5.25. The summed E-state index contributed by atoms with van der Waals surface area (Å²) >= 11 is 0. The maximum atomic E-state index is 11.4. The Bertz CT molecular complexity index is 797. The molecule has 3 rings (SSSR count). The highest BCUT2D eigenvalue weighted by Gasteiger charge is 2.15. The van der Waals surface area contributed by atoms with Gasteiger partial charge in [-0.25, -0.2) is 8.42 Å². The van der Waals surface area contributed by atoms with Crippen LogP contribution in [0.25, 0.3) is 0 Å². The van der Waals surface area contributed by atoms with Gasteiger partial charge in [0.15, 0.2) is 0 Å². The molecule has 0 saturated heterocycles. The lowest BCUT2D eigenvalue weighted by Gasteiger charge is -2.10. The largest absolute Gasteiger partial charge is 0.457 e. The lowest BCUT2D eigenvalue weighted by atomic mass is 10.1. The summed E-state index contributed by atoms with van der Waals surface area (Å²) in [5, 5.41) is 0. The van der Waals surface area contributed by atoms with Crippen molar-refractivity contribution in [1.29, 1.82) is 0 Å². The van der Waals surface area contributed by atoms with Gasteiger partial charge in [-0.2, -0.15) is 0 Å². The highest BCUT2D eigenvalue weighted by Crippen LogP contribution is 2.30. The van der Waals surface area contributed by atoms with E-state index in [1.54, 1.807) is 19.1 Å². The van der Waals surface area contributed by atoms with Crippen molar-refractivity contribution in [2.45, 2.75) is 31.1 Å². The quantitative estimate of drug-likeness (QED) is 0.795. The normalized spacial score (nSPS) is 14.0. The Morgan fingerprint density at radius 1 is 1.00 bits per heavy atom. The van der Waals surface area contributed by atoms with Crippen molar-refractivity contribution in [3.05, 3.63) is 53.1 Å². The van der Waals surface area contributed by atoms with Crippen LogP contribution in [0.5, 0.6) is 11.5 Å². The maximum absolute atomic E-state index is 11.4. The Hall–Kier alpha value is -1.52. The van der Waals surface area contributed by atoms with Crippen LogP contribution in [0.1, 0.15) is 23.1 Å². The molecule has 5 heteroatoms. The predicted molar refractivity (Wildman–Crippen MR) is 82.8 cm³/mol. The van der Waals surface area contributed by atoms with Crippen molar-refractivity contribution in [1.82, 2.24) is 0 Å². The number of ether oxygens (including phenoxy) is 1. The molecule has 2 aromatic carbocycles. The lowest BCUT2D eigenvalue weighted by molar-refractivity contribution is 0.481. The van der Waals surface area contributed by atoms with Crippen LogP contribution in [0.15, 0.2) is 41.3 Å². The van der Waals surface area contributed by atoms with E-state index in [1.165, 1.54) is 23.6 Å². The summed E-state index contributed by atoms with van der Waals surface area (Å²) in [5.41, 5.74) is 3.30. The van der Waals surface area contributed by atoms with E-state index in [2.05, 4.69) is 12.1 Å². The molecule has 0 radical (unpaired) electrons. The molecule has 0 aromatic heterocycles. The van der Waals surface area contributed by atoms with E-state index in [0.29, 0.717) is 11.3 Å². The fraction of sp³-hybridized carbons (Fsp3) is 0.250. The number of aryl methyl sites for hydroxylation is 3. The van der Waals surface area contributed by atoms with Gasteiger partial charge in [-0.3, -0.25) is 0 Å². The molecule has 1 aliphatic carbocycles. The van der Waals surface area contributed by atoms with E-state index in [9.17, 15) is 8.42 Å². The van der Waals surface area contributed by atoms with E-state index in [4.69, 9.17) is 15.4 Å². The first-order valence-corrected chi connectivity index (χ1v) is 9.09. The van der Waals surface area contributed by atoms with Gasteiger partial charge >= 0.3 is 0 Å². The third kappa shape index (κ3) is 3.06. The molecule has 0 saturated carbocycles. The molecule has 0 bridgehead atoms. The fourth-order valence-electron chi connectivity index (χ4n) is 2.71. The molecule has 0 atom stereocenters. The Kier molecular flexibility index (Phi) is 3.68. The molecule has 0 fully saturated rings. The topological polar surface area (TPSA) is 43.4 Å². The molecular formula is C16H15ClO3S. The number of halogens is 1. The monoisotopic (exact) mass is 322 g/mol. The first kappa shape index (κ1) is 14.4. The Labute approximate surface area is 128 Å². The van der Waals surface area contributed by atoms with Crippen LogP contribution in [-0.4, -0.2) is 8.42 Å². The minimum absolute atomic E-state index is 0.116. The SMILES string of the molecule is Cc1cc(Oc2ccc3c(c2)CCC3)ccc1S(=O)(=O)Cl. The maximum Gasteiger partial charge on any atom is 0.261 e. The Balaban J connectivity index is 1.87. The molecule has 0 spiro atoms. The second-order valence-corrected chi connectivity index (χ2v) is 7.79. The Morgan fingerprint density at radius 2 is 1.67 bits per heavy atom. The molecule has 1 aliphatic rings. The van der Waals surface area contributed by atoms with Crippen molar-refractivity contribution in [2.75, 3.05) is 0 Å². The number of fused-ring (bicyclic) bond motifs is 1. The van der Waals surface area contributed by atoms with Gasteiger partial charge < -0.3 is 4.74 Å². The minimum Gasteiger partial charge on any atom is -0.457 e. The van der Waals surface area contributed by atoms with Crippen LogP contribution in [0, 0.1) is 6.92 Å². The molecule has 0 unspecified atom stereocenters. The fourth-order valence-corrected chi connectivity index (χ4v) is 3.90. The summed E-state index contributed by atoms with van der Waals surface area (Å²) in [7, 11) is 1.66. The highest BCUT2D eigenvalue weighted by molar-refractivity contribution is 8.13. The van der Waals surface area contributed by atoms with Crippen LogP contribution in [0.4, 0.5) is 0 Å². The third-order valence-electron chi connectivity index (χ3n) is 3.71. The average molecular weight is 323 g/mol. The van der Waals surface area contributed by atoms with Crippen molar-refractivity contribution in [3.8, 4) is 11.5 Å². The summed E-state index contributed by atoms with van der Waals surface area (Å²) in [6.45, 7) is 1.70. The van der Waals surface area contributed by atoms with Crippen LogP contribution in [0.3, 0.4) is 0 Å². The molecule has 0 amide bonds. The van der Waals surface area contributed by atoms with Gasteiger partial charge in [-0.15, -0.1) is 0 Å². The van der Waals surface area contributed by atoms with Crippen molar-refractivity contribution in [2.24, 2.45) is 0 Å². The molecule has 0 N–H and O–H groups in total. The van der Waals surface area contributed by atoms with E-state index in [-0.39, 0.29) is 4.90 Å². The highest BCUT2D eigenvalue weighted by atomic mass is 35.7.